The van der Waals surface area contributed by atoms with E-state index in [1.54, 1.807) is 0 Å². The lowest BCUT2D eigenvalue weighted by Crippen LogP contribution is -2.20. The van der Waals surface area contributed by atoms with Gasteiger partial charge in [-0.25, -0.2) is 9.97 Å². The number of rotatable bonds is 6. The second-order valence-electron chi connectivity index (χ2n) is 3.49. The smallest absolute Gasteiger partial charge is 0.221 e. The van der Waals surface area contributed by atoms with Crippen LogP contribution >= 0.6 is 0 Å². The number of hydrogen-bond donors (Lipinski definition) is 1. The third kappa shape index (κ3) is 3.34. The Hall–Kier alpha value is -1.36. The Morgan fingerprint density at radius 3 is 2.81 bits per heavy atom. The predicted octanol–water partition coefficient (Wildman–Crippen LogP) is 1.63. The van der Waals surface area contributed by atoms with Crippen molar-refractivity contribution in [3.8, 4) is 5.88 Å². The zero-order valence-corrected chi connectivity index (χ0v) is 10.3. The molecule has 0 aliphatic heterocycles. The number of hydrogen-bond acceptors (Lipinski definition) is 5. The van der Waals surface area contributed by atoms with Gasteiger partial charge in [0.05, 0.1) is 12.2 Å². The molecule has 0 radical (unpaired) electrons. The van der Waals surface area contributed by atoms with Gasteiger partial charge in [-0.1, -0.05) is 0 Å². The summed E-state index contributed by atoms with van der Waals surface area (Å²) in [6.45, 7) is 7.10. The van der Waals surface area contributed by atoms with Crippen LogP contribution in [0.2, 0.25) is 0 Å². The van der Waals surface area contributed by atoms with E-state index in [1.807, 2.05) is 27.8 Å². The number of ether oxygens (including phenoxy) is 2. The minimum Gasteiger partial charge on any atom is -0.472 e. The summed E-state index contributed by atoms with van der Waals surface area (Å²) in [6.07, 6.45) is 1.47. The van der Waals surface area contributed by atoms with E-state index in [0.717, 1.165) is 11.4 Å². The van der Waals surface area contributed by atoms with Gasteiger partial charge in [0.15, 0.2) is 0 Å². The van der Waals surface area contributed by atoms with Crippen LogP contribution in [0.15, 0.2) is 6.33 Å². The van der Waals surface area contributed by atoms with E-state index >= 15 is 0 Å². The first-order chi connectivity index (χ1) is 7.69. The fraction of sp³-hybridized carbons (Fsp3) is 0.636. The molecule has 1 N–H and O–H groups in total. The topological polar surface area (TPSA) is 56.3 Å². The molecule has 0 aliphatic carbocycles. The van der Waals surface area contributed by atoms with Crippen molar-refractivity contribution in [3.05, 3.63) is 11.9 Å². The lowest BCUT2D eigenvalue weighted by atomic mass is 10.3. The van der Waals surface area contributed by atoms with Crippen LogP contribution in [0.3, 0.4) is 0 Å². The molecule has 0 saturated heterocycles. The lowest BCUT2D eigenvalue weighted by molar-refractivity contribution is 0.0629. The zero-order chi connectivity index (χ0) is 12.0. The lowest BCUT2D eigenvalue weighted by Gasteiger charge is -2.15. The van der Waals surface area contributed by atoms with Crippen LogP contribution in [0.25, 0.3) is 0 Å². The molecular weight excluding hydrogens is 206 g/mol. The van der Waals surface area contributed by atoms with E-state index < -0.39 is 0 Å². The Labute approximate surface area is 96.2 Å². The summed E-state index contributed by atoms with van der Waals surface area (Å²) in [7, 11) is 1.82. The van der Waals surface area contributed by atoms with Gasteiger partial charge in [-0.3, -0.25) is 0 Å². The first-order valence-corrected chi connectivity index (χ1v) is 5.42. The molecule has 5 heteroatoms. The molecule has 0 fully saturated rings. The highest BCUT2D eigenvalue weighted by molar-refractivity contribution is 5.46. The normalized spacial score (nSPS) is 12.2. The fourth-order valence-corrected chi connectivity index (χ4v) is 1.31. The Balaban J connectivity index is 2.66. The summed E-state index contributed by atoms with van der Waals surface area (Å²) < 4.78 is 11.0. The molecule has 0 amide bonds. The van der Waals surface area contributed by atoms with Crippen molar-refractivity contribution in [2.45, 2.75) is 26.9 Å². The molecule has 90 valence electrons. The Kier molecular flexibility index (Phi) is 4.98. The van der Waals surface area contributed by atoms with Crippen LogP contribution in [0.5, 0.6) is 5.88 Å². The Bertz CT molecular complexity index is 331. The fourth-order valence-electron chi connectivity index (χ4n) is 1.31. The molecule has 1 unspecified atom stereocenters. The average molecular weight is 225 g/mol. The summed E-state index contributed by atoms with van der Waals surface area (Å²) in [4.78, 5) is 8.20. The largest absolute Gasteiger partial charge is 0.472 e. The van der Waals surface area contributed by atoms with E-state index in [1.165, 1.54) is 6.33 Å². The SMILES string of the molecule is CCOCC(C)Oc1ncnc(NC)c1C. The molecule has 0 aliphatic rings. The van der Waals surface area contributed by atoms with Gasteiger partial charge < -0.3 is 14.8 Å². The maximum atomic E-state index is 5.67. The van der Waals surface area contributed by atoms with Gasteiger partial charge in [-0.05, 0) is 20.8 Å². The number of nitrogens with zero attached hydrogens (tertiary/aromatic N) is 2. The molecule has 1 aromatic heterocycles. The highest BCUT2D eigenvalue weighted by atomic mass is 16.5. The molecule has 0 saturated carbocycles. The molecule has 0 aromatic carbocycles. The van der Waals surface area contributed by atoms with Crippen LogP contribution in [0.1, 0.15) is 19.4 Å². The van der Waals surface area contributed by atoms with Gasteiger partial charge in [0.2, 0.25) is 5.88 Å². The third-order valence-corrected chi connectivity index (χ3v) is 2.14. The minimum atomic E-state index is -0.0155. The molecule has 0 spiro atoms. The number of aromatic nitrogens is 2. The number of nitrogens with one attached hydrogen (secondary N) is 1. The van der Waals surface area contributed by atoms with Crippen LogP contribution in [0.4, 0.5) is 5.82 Å². The first-order valence-electron chi connectivity index (χ1n) is 5.42. The van der Waals surface area contributed by atoms with Gasteiger partial charge in [-0.15, -0.1) is 0 Å². The van der Waals surface area contributed by atoms with E-state index in [-0.39, 0.29) is 6.10 Å². The monoisotopic (exact) mass is 225 g/mol. The van der Waals surface area contributed by atoms with Gasteiger partial charge in [0.1, 0.15) is 18.2 Å². The van der Waals surface area contributed by atoms with Crippen molar-refractivity contribution in [1.82, 2.24) is 9.97 Å². The maximum Gasteiger partial charge on any atom is 0.221 e. The third-order valence-electron chi connectivity index (χ3n) is 2.14. The van der Waals surface area contributed by atoms with E-state index in [4.69, 9.17) is 9.47 Å². The highest BCUT2D eigenvalue weighted by Gasteiger charge is 2.10. The van der Waals surface area contributed by atoms with Crippen molar-refractivity contribution < 1.29 is 9.47 Å². The van der Waals surface area contributed by atoms with Crippen LogP contribution in [-0.4, -0.2) is 36.3 Å². The summed E-state index contributed by atoms with van der Waals surface area (Å²) in [5, 5.41) is 2.99. The van der Waals surface area contributed by atoms with Crippen LogP contribution in [0, 0.1) is 6.92 Å². The van der Waals surface area contributed by atoms with Gasteiger partial charge in [-0.2, -0.15) is 0 Å². The Morgan fingerprint density at radius 1 is 1.44 bits per heavy atom. The van der Waals surface area contributed by atoms with Crippen molar-refractivity contribution in [2.24, 2.45) is 0 Å². The van der Waals surface area contributed by atoms with Crippen molar-refractivity contribution in [2.75, 3.05) is 25.6 Å². The van der Waals surface area contributed by atoms with E-state index in [2.05, 4.69) is 15.3 Å². The molecule has 1 rings (SSSR count). The van der Waals surface area contributed by atoms with E-state index in [9.17, 15) is 0 Å². The van der Waals surface area contributed by atoms with Crippen LogP contribution < -0.4 is 10.1 Å². The molecular formula is C11H19N3O2. The van der Waals surface area contributed by atoms with Crippen molar-refractivity contribution in [1.29, 1.82) is 0 Å². The van der Waals surface area contributed by atoms with Crippen molar-refractivity contribution >= 4 is 5.82 Å². The minimum absolute atomic E-state index is 0.0155. The van der Waals surface area contributed by atoms with E-state index in [0.29, 0.717) is 19.1 Å². The van der Waals surface area contributed by atoms with Crippen molar-refractivity contribution in [3.63, 3.8) is 0 Å². The molecule has 5 nitrogen and oxygen atoms in total. The zero-order valence-electron chi connectivity index (χ0n) is 10.3. The molecule has 1 atom stereocenters. The summed E-state index contributed by atoms with van der Waals surface area (Å²) in [5.74, 6) is 1.39. The standard InChI is InChI=1S/C11H19N3O2/c1-5-15-6-8(2)16-11-9(3)10(12-4)13-7-14-11/h7-8H,5-6H2,1-4H3,(H,12,13,14). The molecule has 16 heavy (non-hydrogen) atoms. The Morgan fingerprint density at radius 2 is 2.19 bits per heavy atom. The first kappa shape index (κ1) is 12.7. The molecule has 1 heterocycles. The van der Waals surface area contributed by atoms with Gasteiger partial charge >= 0.3 is 0 Å². The predicted molar refractivity (Wildman–Crippen MR) is 62.9 cm³/mol. The summed E-state index contributed by atoms with van der Waals surface area (Å²) in [5.41, 5.74) is 0.911. The summed E-state index contributed by atoms with van der Waals surface area (Å²) >= 11 is 0. The number of anilines is 1. The average Bonchev–Trinajstić information content (AvgIpc) is 2.29. The quantitative estimate of drug-likeness (QED) is 0.797. The second kappa shape index (κ2) is 6.27. The maximum absolute atomic E-state index is 5.67. The summed E-state index contributed by atoms with van der Waals surface area (Å²) in [6, 6.07) is 0. The van der Waals surface area contributed by atoms with Gasteiger partial charge in [0, 0.05) is 13.7 Å². The highest BCUT2D eigenvalue weighted by Crippen LogP contribution is 2.20. The molecule has 1 aromatic rings. The van der Waals surface area contributed by atoms with Gasteiger partial charge in [0.25, 0.3) is 0 Å². The van der Waals surface area contributed by atoms with Crippen LogP contribution in [-0.2, 0) is 4.74 Å². The molecule has 0 bridgehead atoms. The second-order valence-corrected chi connectivity index (χ2v) is 3.49.